The number of rotatable bonds is 7. The van der Waals surface area contributed by atoms with Crippen LogP contribution in [0.4, 0.5) is 5.69 Å². The molecule has 0 bridgehead atoms. The third kappa shape index (κ3) is 6.30. The molecule has 0 aromatic heterocycles. The Labute approximate surface area is 148 Å². The van der Waals surface area contributed by atoms with Crippen molar-refractivity contribution in [1.29, 1.82) is 0 Å². The monoisotopic (exact) mass is 341 g/mol. The molecule has 0 spiro atoms. The number of carbonyl (C=O) groups is 2. The molecule has 0 atom stereocenters. The van der Waals surface area contributed by atoms with Crippen LogP contribution in [0.5, 0.6) is 5.75 Å². The predicted molar refractivity (Wildman–Crippen MR) is 96.8 cm³/mol. The Hall–Kier alpha value is -2.82. The number of benzene rings is 2. The molecule has 0 fully saturated rings. The number of anilines is 1. The van der Waals surface area contributed by atoms with Gasteiger partial charge in [-0.3, -0.25) is 4.79 Å². The molecular weight excluding hydrogens is 318 g/mol. The minimum absolute atomic E-state index is 0.235. The number of aryl methyl sites for hydroxylation is 3. The molecule has 0 heterocycles. The summed E-state index contributed by atoms with van der Waals surface area (Å²) in [5.41, 5.74) is 3.91. The fraction of sp³-hybridized carbons (Fsp3) is 0.300. The predicted octanol–water partition coefficient (Wildman–Crippen LogP) is 3.43. The third-order valence-corrected chi connectivity index (χ3v) is 3.54. The molecule has 2 aromatic carbocycles. The van der Waals surface area contributed by atoms with E-state index in [4.69, 9.17) is 9.47 Å². The first-order valence-corrected chi connectivity index (χ1v) is 8.22. The number of ether oxygens (including phenoxy) is 2. The van der Waals surface area contributed by atoms with E-state index < -0.39 is 5.97 Å². The zero-order valence-corrected chi connectivity index (χ0v) is 14.8. The van der Waals surface area contributed by atoms with Gasteiger partial charge in [0.25, 0.3) is 5.91 Å². The van der Waals surface area contributed by atoms with Crippen molar-refractivity contribution in [3.63, 3.8) is 0 Å². The standard InChI is InChI=1S/C20H23NO4/c1-4-16-6-5-7-17(11-16)21-19(22)12-25-20(23)13-24-18-9-14(2)8-15(3)10-18/h5-11H,4,12-13H2,1-3H3,(H,21,22). The SMILES string of the molecule is CCc1cccc(NC(=O)COC(=O)COc2cc(C)cc(C)c2)c1. The Morgan fingerprint density at radius 2 is 1.72 bits per heavy atom. The van der Waals surface area contributed by atoms with Crippen LogP contribution in [0.2, 0.25) is 0 Å². The molecule has 0 unspecified atom stereocenters. The van der Waals surface area contributed by atoms with Crippen LogP contribution < -0.4 is 10.1 Å². The number of nitrogens with one attached hydrogen (secondary N) is 1. The molecule has 1 N–H and O–H groups in total. The lowest BCUT2D eigenvalue weighted by atomic mass is 10.1. The van der Waals surface area contributed by atoms with Crippen molar-refractivity contribution in [3.05, 3.63) is 59.2 Å². The first-order valence-electron chi connectivity index (χ1n) is 8.22. The van der Waals surface area contributed by atoms with Gasteiger partial charge in [0, 0.05) is 5.69 Å². The highest BCUT2D eigenvalue weighted by molar-refractivity contribution is 5.92. The lowest BCUT2D eigenvalue weighted by Crippen LogP contribution is -2.23. The molecule has 0 aliphatic heterocycles. The smallest absolute Gasteiger partial charge is 0.344 e. The molecule has 2 rings (SSSR count). The fourth-order valence-electron chi connectivity index (χ4n) is 2.41. The highest BCUT2D eigenvalue weighted by Crippen LogP contribution is 2.16. The van der Waals surface area contributed by atoms with Crippen molar-refractivity contribution >= 4 is 17.6 Å². The van der Waals surface area contributed by atoms with E-state index in [-0.39, 0.29) is 19.1 Å². The molecular formula is C20H23NO4. The van der Waals surface area contributed by atoms with Crippen LogP contribution in [0.1, 0.15) is 23.6 Å². The zero-order valence-electron chi connectivity index (χ0n) is 14.8. The van der Waals surface area contributed by atoms with E-state index in [0.29, 0.717) is 11.4 Å². The Morgan fingerprint density at radius 1 is 1.00 bits per heavy atom. The van der Waals surface area contributed by atoms with Crippen molar-refractivity contribution in [2.75, 3.05) is 18.5 Å². The number of esters is 1. The Morgan fingerprint density at radius 3 is 2.40 bits per heavy atom. The maximum absolute atomic E-state index is 11.9. The van der Waals surface area contributed by atoms with Gasteiger partial charge >= 0.3 is 5.97 Å². The molecule has 5 heteroatoms. The summed E-state index contributed by atoms with van der Waals surface area (Å²) in [6.07, 6.45) is 0.883. The van der Waals surface area contributed by atoms with Crippen LogP contribution in [-0.4, -0.2) is 25.1 Å². The van der Waals surface area contributed by atoms with Crippen molar-refractivity contribution in [3.8, 4) is 5.75 Å². The number of carbonyl (C=O) groups excluding carboxylic acids is 2. The van der Waals surface area contributed by atoms with E-state index in [1.54, 1.807) is 6.07 Å². The van der Waals surface area contributed by atoms with Gasteiger partial charge in [0.1, 0.15) is 5.75 Å². The second kappa shape index (κ2) is 8.87. The van der Waals surface area contributed by atoms with E-state index in [0.717, 1.165) is 23.1 Å². The van der Waals surface area contributed by atoms with Gasteiger partial charge in [-0.25, -0.2) is 4.79 Å². The first-order chi connectivity index (χ1) is 12.0. The van der Waals surface area contributed by atoms with Gasteiger partial charge in [-0.2, -0.15) is 0 Å². The minimum Gasteiger partial charge on any atom is -0.482 e. The summed E-state index contributed by atoms with van der Waals surface area (Å²) < 4.78 is 10.3. The molecule has 2 aromatic rings. The van der Waals surface area contributed by atoms with Crippen LogP contribution in [0.15, 0.2) is 42.5 Å². The highest BCUT2D eigenvalue weighted by Gasteiger charge is 2.09. The van der Waals surface area contributed by atoms with E-state index in [9.17, 15) is 9.59 Å². The molecule has 0 saturated heterocycles. The van der Waals surface area contributed by atoms with Crippen LogP contribution >= 0.6 is 0 Å². The summed E-state index contributed by atoms with van der Waals surface area (Å²) in [7, 11) is 0. The normalized spacial score (nSPS) is 10.2. The van der Waals surface area contributed by atoms with Crippen molar-refractivity contribution in [2.24, 2.45) is 0 Å². The van der Waals surface area contributed by atoms with Crippen molar-refractivity contribution in [2.45, 2.75) is 27.2 Å². The van der Waals surface area contributed by atoms with Gasteiger partial charge in [0.15, 0.2) is 13.2 Å². The molecule has 0 aliphatic rings. The Kier molecular flexibility index (Phi) is 6.57. The van der Waals surface area contributed by atoms with Crippen LogP contribution in [-0.2, 0) is 20.7 Å². The lowest BCUT2D eigenvalue weighted by Gasteiger charge is -2.09. The van der Waals surface area contributed by atoms with Crippen LogP contribution in [0, 0.1) is 13.8 Å². The van der Waals surface area contributed by atoms with Crippen molar-refractivity contribution < 1.29 is 19.1 Å². The van der Waals surface area contributed by atoms with E-state index in [1.165, 1.54) is 0 Å². The number of hydrogen-bond acceptors (Lipinski definition) is 4. The Bertz CT molecular complexity index is 735. The van der Waals surface area contributed by atoms with Gasteiger partial charge in [0.2, 0.25) is 0 Å². The molecule has 0 saturated carbocycles. The van der Waals surface area contributed by atoms with Crippen LogP contribution in [0.3, 0.4) is 0 Å². The second-order valence-corrected chi connectivity index (χ2v) is 5.87. The van der Waals surface area contributed by atoms with Crippen LogP contribution in [0.25, 0.3) is 0 Å². The van der Waals surface area contributed by atoms with E-state index in [1.807, 2.05) is 57.2 Å². The maximum Gasteiger partial charge on any atom is 0.344 e. The van der Waals surface area contributed by atoms with Gasteiger partial charge in [-0.05, 0) is 61.2 Å². The largest absolute Gasteiger partial charge is 0.482 e. The van der Waals surface area contributed by atoms with Gasteiger partial charge < -0.3 is 14.8 Å². The third-order valence-electron chi connectivity index (χ3n) is 3.54. The maximum atomic E-state index is 11.9. The van der Waals surface area contributed by atoms with Gasteiger partial charge in [-0.1, -0.05) is 25.1 Å². The minimum atomic E-state index is -0.586. The summed E-state index contributed by atoms with van der Waals surface area (Å²) in [6.45, 7) is 5.37. The van der Waals surface area contributed by atoms with Crippen molar-refractivity contribution in [1.82, 2.24) is 0 Å². The first kappa shape index (κ1) is 18.5. The van der Waals surface area contributed by atoms with E-state index in [2.05, 4.69) is 5.32 Å². The number of hydrogen-bond donors (Lipinski definition) is 1. The molecule has 5 nitrogen and oxygen atoms in total. The topological polar surface area (TPSA) is 64.6 Å². The summed E-state index contributed by atoms with van der Waals surface area (Å²) in [4.78, 5) is 23.6. The van der Waals surface area contributed by atoms with E-state index >= 15 is 0 Å². The summed E-state index contributed by atoms with van der Waals surface area (Å²) >= 11 is 0. The summed E-state index contributed by atoms with van der Waals surface area (Å²) in [5, 5.41) is 2.70. The van der Waals surface area contributed by atoms with Gasteiger partial charge in [0.05, 0.1) is 0 Å². The molecule has 0 aliphatic carbocycles. The molecule has 0 radical (unpaired) electrons. The van der Waals surface area contributed by atoms with Gasteiger partial charge in [-0.15, -0.1) is 0 Å². The zero-order chi connectivity index (χ0) is 18.2. The fourth-order valence-corrected chi connectivity index (χ4v) is 2.41. The molecule has 25 heavy (non-hydrogen) atoms. The Balaban J connectivity index is 1.76. The molecule has 132 valence electrons. The molecule has 1 amide bonds. The highest BCUT2D eigenvalue weighted by atomic mass is 16.6. The lowest BCUT2D eigenvalue weighted by molar-refractivity contribution is -0.149. The second-order valence-electron chi connectivity index (χ2n) is 5.87. The quantitative estimate of drug-likeness (QED) is 0.784. The summed E-state index contributed by atoms with van der Waals surface area (Å²) in [5.74, 6) is -0.361. The number of amides is 1. The average molecular weight is 341 g/mol. The summed E-state index contributed by atoms with van der Waals surface area (Å²) in [6, 6.07) is 13.2. The average Bonchev–Trinajstić information content (AvgIpc) is 2.57.